The topological polar surface area (TPSA) is 41.3 Å². The lowest BCUT2D eigenvalue weighted by Gasteiger charge is -2.50. The maximum atomic E-state index is 5.79. The van der Waals surface area contributed by atoms with E-state index in [9.17, 15) is 0 Å². The average Bonchev–Trinajstić information content (AvgIpc) is 2.92. The zero-order valence-corrected chi connectivity index (χ0v) is 14.4. The molecule has 0 aromatic carbocycles. The van der Waals surface area contributed by atoms with Gasteiger partial charge in [-0.15, -0.1) is 0 Å². The van der Waals surface area contributed by atoms with Crippen LogP contribution in [0.25, 0.3) is 0 Å². The summed E-state index contributed by atoms with van der Waals surface area (Å²) in [6, 6.07) is 0.754. The fraction of sp³-hybridized carbons (Fsp3) is 0.824. The maximum Gasteiger partial charge on any atom is 0.211 e. The number of aryl methyl sites for hydroxylation is 1. The fourth-order valence-electron chi connectivity index (χ4n) is 3.43. The molecule has 1 saturated heterocycles. The van der Waals surface area contributed by atoms with Gasteiger partial charge in [0, 0.05) is 24.7 Å². The van der Waals surface area contributed by atoms with Crippen molar-refractivity contribution in [2.45, 2.75) is 72.0 Å². The number of nitrogens with zero attached hydrogens (tertiary/aromatic N) is 2. The fourth-order valence-corrected chi connectivity index (χ4v) is 3.43. The van der Waals surface area contributed by atoms with Gasteiger partial charge in [0.1, 0.15) is 5.76 Å². The van der Waals surface area contributed by atoms with E-state index in [-0.39, 0.29) is 11.6 Å². The molecule has 0 spiro atoms. The predicted octanol–water partition coefficient (Wildman–Crippen LogP) is 3.53. The first-order valence-corrected chi connectivity index (χ1v) is 8.35. The van der Waals surface area contributed by atoms with Crippen LogP contribution in [0.1, 0.15) is 65.2 Å². The maximum absolute atomic E-state index is 5.79. The lowest BCUT2D eigenvalue weighted by atomic mass is 9.85. The van der Waals surface area contributed by atoms with E-state index in [1.54, 1.807) is 0 Å². The molecule has 1 N–H and O–H groups in total. The predicted molar refractivity (Wildman–Crippen MR) is 86.3 cm³/mol. The van der Waals surface area contributed by atoms with Gasteiger partial charge in [-0.3, -0.25) is 4.90 Å². The van der Waals surface area contributed by atoms with Crippen LogP contribution in [0.4, 0.5) is 0 Å². The molecule has 2 rings (SSSR count). The minimum Gasteiger partial charge on any atom is -0.444 e. The molecule has 1 fully saturated rings. The Morgan fingerprint density at radius 2 is 2.05 bits per heavy atom. The SMILES string of the molecule is CCC1(CC)CN(C(C)c2ncc(C)o2)C(C(C)C)CN1. The van der Waals surface area contributed by atoms with Crippen molar-refractivity contribution >= 4 is 0 Å². The number of rotatable bonds is 5. The Bertz CT molecular complexity index is 451. The third kappa shape index (κ3) is 3.32. The normalized spacial score (nSPS) is 24.4. The number of nitrogens with one attached hydrogen (secondary N) is 1. The molecule has 2 heterocycles. The van der Waals surface area contributed by atoms with Crippen molar-refractivity contribution < 1.29 is 4.42 Å². The average molecular weight is 293 g/mol. The highest BCUT2D eigenvalue weighted by Crippen LogP contribution is 2.32. The first kappa shape index (κ1) is 16.5. The van der Waals surface area contributed by atoms with Crippen LogP contribution in [0.2, 0.25) is 0 Å². The first-order chi connectivity index (χ1) is 9.92. The molecule has 0 amide bonds. The van der Waals surface area contributed by atoms with E-state index < -0.39 is 0 Å². The molecule has 0 radical (unpaired) electrons. The number of hydrogen-bond acceptors (Lipinski definition) is 4. The Morgan fingerprint density at radius 3 is 2.52 bits per heavy atom. The quantitative estimate of drug-likeness (QED) is 0.901. The van der Waals surface area contributed by atoms with Crippen LogP contribution in [-0.2, 0) is 0 Å². The van der Waals surface area contributed by atoms with Gasteiger partial charge in [-0.25, -0.2) is 4.98 Å². The van der Waals surface area contributed by atoms with Gasteiger partial charge in [-0.05, 0) is 32.6 Å². The summed E-state index contributed by atoms with van der Waals surface area (Å²) in [5.41, 5.74) is 0.223. The molecular formula is C17H31N3O. The molecule has 0 aliphatic carbocycles. The third-order valence-electron chi connectivity index (χ3n) is 5.21. The van der Waals surface area contributed by atoms with Crippen LogP contribution in [-0.4, -0.2) is 34.6 Å². The van der Waals surface area contributed by atoms with Gasteiger partial charge < -0.3 is 9.73 Å². The summed E-state index contributed by atoms with van der Waals surface area (Å²) in [6.45, 7) is 15.5. The molecule has 4 nitrogen and oxygen atoms in total. The van der Waals surface area contributed by atoms with Crippen LogP contribution < -0.4 is 5.32 Å². The van der Waals surface area contributed by atoms with Gasteiger partial charge in [0.2, 0.25) is 5.89 Å². The van der Waals surface area contributed by atoms with Gasteiger partial charge in [0.05, 0.1) is 12.2 Å². The highest BCUT2D eigenvalue weighted by atomic mass is 16.4. The van der Waals surface area contributed by atoms with Crippen LogP contribution in [0, 0.1) is 12.8 Å². The molecule has 0 saturated carbocycles. The second-order valence-corrected chi connectivity index (χ2v) is 6.84. The van der Waals surface area contributed by atoms with E-state index in [0.717, 1.165) is 37.6 Å². The summed E-state index contributed by atoms with van der Waals surface area (Å²) in [6.07, 6.45) is 4.13. The van der Waals surface area contributed by atoms with Crippen LogP contribution >= 0.6 is 0 Å². The molecule has 1 aliphatic heterocycles. The van der Waals surface area contributed by atoms with Crippen LogP contribution in [0.3, 0.4) is 0 Å². The molecule has 1 aromatic rings. The lowest BCUT2D eigenvalue weighted by Crippen LogP contribution is -2.65. The van der Waals surface area contributed by atoms with Crippen LogP contribution in [0.5, 0.6) is 0 Å². The number of oxazole rings is 1. The summed E-state index contributed by atoms with van der Waals surface area (Å²) in [7, 11) is 0. The smallest absolute Gasteiger partial charge is 0.211 e. The Balaban J connectivity index is 2.25. The van der Waals surface area contributed by atoms with Crippen molar-refractivity contribution in [1.29, 1.82) is 0 Å². The Hall–Kier alpha value is -0.870. The van der Waals surface area contributed by atoms with Crippen LogP contribution in [0.15, 0.2) is 10.6 Å². The summed E-state index contributed by atoms with van der Waals surface area (Å²) in [5.74, 6) is 2.36. The van der Waals surface area contributed by atoms with E-state index >= 15 is 0 Å². The molecule has 1 aliphatic rings. The Morgan fingerprint density at radius 1 is 1.38 bits per heavy atom. The largest absolute Gasteiger partial charge is 0.444 e. The van der Waals surface area contributed by atoms with E-state index in [4.69, 9.17) is 4.42 Å². The highest BCUT2D eigenvalue weighted by molar-refractivity contribution is 5.03. The monoisotopic (exact) mass is 293 g/mol. The third-order valence-corrected chi connectivity index (χ3v) is 5.21. The van der Waals surface area contributed by atoms with E-state index in [2.05, 4.69) is 49.8 Å². The van der Waals surface area contributed by atoms with Gasteiger partial charge >= 0.3 is 0 Å². The molecule has 4 heteroatoms. The van der Waals surface area contributed by atoms with Gasteiger partial charge in [0.25, 0.3) is 0 Å². The molecule has 0 bridgehead atoms. The summed E-state index contributed by atoms with van der Waals surface area (Å²) >= 11 is 0. The number of aromatic nitrogens is 1. The van der Waals surface area contributed by atoms with Gasteiger partial charge in [-0.2, -0.15) is 0 Å². The summed E-state index contributed by atoms with van der Waals surface area (Å²) < 4.78 is 5.79. The van der Waals surface area contributed by atoms with Crippen molar-refractivity contribution in [3.8, 4) is 0 Å². The van der Waals surface area contributed by atoms with E-state index in [1.165, 1.54) is 0 Å². The minimum absolute atomic E-state index is 0.223. The van der Waals surface area contributed by atoms with Crippen molar-refractivity contribution in [1.82, 2.24) is 15.2 Å². The standard InChI is InChI=1S/C17H31N3O/c1-7-17(8-2)11-20(15(10-19-17)12(3)4)14(6)16-18-9-13(5)21-16/h9,12,14-15,19H,7-8,10-11H2,1-6H3. The highest BCUT2D eigenvalue weighted by Gasteiger charge is 2.40. The van der Waals surface area contributed by atoms with Crippen molar-refractivity contribution in [2.75, 3.05) is 13.1 Å². The van der Waals surface area contributed by atoms with Crippen molar-refractivity contribution in [3.63, 3.8) is 0 Å². The van der Waals surface area contributed by atoms with E-state index in [1.807, 2.05) is 13.1 Å². The molecule has 120 valence electrons. The first-order valence-electron chi connectivity index (χ1n) is 8.35. The van der Waals surface area contributed by atoms with Gasteiger partial charge in [-0.1, -0.05) is 27.7 Å². The molecular weight excluding hydrogens is 262 g/mol. The van der Waals surface area contributed by atoms with E-state index in [0.29, 0.717) is 12.0 Å². The molecule has 2 unspecified atom stereocenters. The Kier molecular flexibility index (Phi) is 5.10. The summed E-state index contributed by atoms with van der Waals surface area (Å²) in [4.78, 5) is 7.05. The van der Waals surface area contributed by atoms with Gasteiger partial charge in [0.15, 0.2) is 0 Å². The number of hydrogen-bond donors (Lipinski definition) is 1. The van der Waals surface area contributed by atoms with Crippen molar-refractivity contribution in [3.05, 3.63) is 17.8 Å². The minimum atomic E-state index is 0.223. The number of piperazine rings is 1. The Labute approximate surface area is 129 Å². The van der Waals surface area contributed by atoms with Crippen molar-refractivity contribution in [2.24, 2.45) is 5.92 Å². The molecule has 1 aromatic heterocycles. The second kappa shape index (κ2) is 6.49. The molecule has 21 heavy (non-hydrogen) atoms. The zero-order valence-electron chi connectivity index (χ0n) is 14.4. The second-order valence-electron chi connectivity index (χ2n) is 6.84. The summed E-state index contributed by atoms with van der Waals surface area (Å²) in [5, 5.41) is 3.81. The zero-order chi connectivity index (χ0) is 15.6. The lowest BCUT2D eigenvalue weighted by molar-refractivity contribution is 0.0132. The molecule has 2 atom stereocenters.